The van der Waals surface area contributed by atoms with E-state index in [1.54, 1.807) is 0 Å². The first-order valence-electron chi connectivity index (χ1n) is 8.68. The van der Waals surface area contributed by atoms with Crippen LogP contribution in [-0.4, -0.2) is 7.41 Å². The molecule has 0 heterocycles. The highest BCUT2D eigenvalue weighted by Crippen LogP contribution is 2.46. The summed E-state index contributed by atoms with van der Waals surface area (Å²) in [7, 11) is 0.814. The minimum atomic E-state index is 0.339. The highest BCUT2D eigenvalue weighted by atomic mass is 14.4. The molecule has 3 unspecified atom stereocenters. The van der Waals surface area contributed by atoms with Gasteiger partial charge in [0, 0.05) is 5.57 Å². The lowest BCUT2D eigenvalue weighted by molar-refractivity contribution is 0.176. The van der Waals surface area contributed by atoms with Gasteiger partial charge < -0.3 is 5.64 Å². The van der Waals surface area contributed by atoms with Gasteiger partial charge in [-0.1, -0.05) is 59.0 Å². The number of rotatable bonds is 4. The third-order valence-corrected chi connectivity index (χ3v) is 5.76. The zero-order valence-electron chi connectivity index (χ0n) is 14.5. The summed E-state index contributed by atoms with van der Waals surface area (Å²) in [5, 5.41) is 9.41. The molecule has 0 aromatic carbocycles. The Bertz CT molecular complexity index is 399. The van der Waals surface area contributed by atoms with Crippen LogP contribution in [0.4, 0.5) is 0 Å². The Hall–Kier alpha value is -0.745. The second kappa shape index (κ2) is 8.04. The maximum Gasteiger partial charge on any atom is 0.204 e. The normalized spacial score (nSPS) is 33.2. The molecule has 0 radical (unpaired) electrons. The van der Waals surface area contributed by atoms with Crippen LogP contribution in [0.1, 0.15) is 79.1 Å². The Labute approximate surface area is 132 Å². The number of allylic oxidation sites excluding steroid dienone is 2. The van der Waals surface area contributed by atoms with Crippen molar-refractivity contribution in [3.8, 4) is 6.07 Å². The van der Waals surface area contributed by atoms with Gasteiger partial charge in [-0.05, 0) is 42.8 Å². The van der Waals surface area contributed by atoms with E-state index in [-0.39, 0.29) is 0 Å². The molecular weight excluding hydrogens is 255 g/mol. The second-order valence-electron chi connectivity index (χ2n) is 7.71. The quantitative estimate of drug-likeness (QED) is 0.601. The van der Waals surface area contributed by atoms with Crippen LogP contribution in [-0.2, 0) is 0 Å². The Morgan fingerprint density at radius 2 is 1.81 bits per heavy atom. The van der Waals surface area contributed by atoms with Crippen LogP contribution in [0.3, 0.4) is 0 Å². The van der Waals surface area contributed by atoms with Crippen LogP contribution in [0.5, 0.6) is 0 Å². The lowest BCUT2D eigenvalue weighted by Crippen LogP contribution is -2.27. The van der Waals surface area contributed by atoms with Gasteiger partial charge in [-0.2, -0.15) is 5.26 Å². The summed E-state index contributed by atoms with van der Waals surface area (Å²) >= 11 is 0. The van der Waals surface area contributed by atoms with E-state index in [1.807, 2.05) is 6.92 Å². The van der Waals surface area contributed by atoms with Crippen molar-refractivity contribution in [3.05, 3.63) is 11.6 Å². The Morgan fingerprint density at radius 1 is 1.24 bits per heavy atom. The van der Waals surface area contributed by atoms with Crippen LogP contribution < -0.4 is 5.64 Å². The Balaban J connectivity index is 2.86. The number of hydrogen-bond donors (Lipinski definition) is 1. The van der Waals surface area contributed by atoms with Crippen LogP contribution >= 0.6 is 0 Å². The average molecular weight is 288 g/mol. The monoisotopic (exact) mass is 288 g/mol. The van der Waals surface area contributed by atoms with Gasteiger partial charge in [0.1, 0.15) is 0 Å². The van der Waals surface area contributed by atoms with Crippen molar-refractivity contribution in [2.24, 2.45) is 17.0 Å². The smallest absolute Gasteiger partial charge is 0.204 e. The fourth-order valence-corrected chi connectivity index (χ4v) is 3.98. The molecule has 3 atom stereocenters. The molecule has 118 valence electrons. The number of nitrogens with two attached hydrogens (primary N) is 1. The van der Waals surface area contributed by atoms with Crippen molar-refractivity contribution in [1.82, 2.24) is 0 Å². The molecule has 0 aliphatic heterocycles. The molecule has 0 aromatic rings. The molecule has 21 heavy (non-hydrogen) atoms. The van der Waals surface area contributed by atoms with Gasteiger partial charge in [0.2, 0.25) is 7.41 Å². The van der Waals surface area contributed by atoms with Gasteiger partial charge >= 0.3 is 0 Å². The van der Waals surface area contributed by atoms with Crippen molar-refractivity contribution >= 4 is 7.41 Å². The molecule has 1 aliphatic rings. The zero-order valence-corrected chi connectivity index (χ0v) is 14.5. The van der Waals surface area contributed by atoms with Crippen molar-refractivity contribution in [2.75, 3.05) is 0 Å². The first kappa shape index (κ1) is 18.3. The van der Waals surface area contributed by atoms with Crippen molar-refractivity contribution in [3.63, 3.8) is 0 Å². The first-order chi connectivity index (χ1) is 9.89. The van der Waals surface area contributed by atoms with Crippen molar-refractivity contribution in [1.29, 1.82) is 5.26 Å². The molecule has 0 spiro atoms. The summed E-state index contributed by atoms with van der Waals surface area (Å²) in [6.45, 7) is 8.99. The topological polar surface area (TPSA) is 49.8 Å². The molecule has 1 rings (SSSR count). The lowest BCUT2D eigenvalue weighted by atomic mass is 9.57. The molecule has 0 amide bonds. The van der Waals surface area contributed by atoms with Crippen molar-refractivity contribution < 1.29 is 0 Å². The third kappa shape index (κ3) is 5.18. The molecule has 3 heteroatoms. The van der Waals surface area contributed by atoms with E-state index < -0.39 is 0 Å². The van der Waals surface area contributed by atoms with Gasteiger partial charge in [-0.25, -0.2) is 0 Å². The predicted molar refractivity (Wildman–Crippen MR) is 93.3 cm³/mol. The number of nitrogens with zero attached hydrogens (tertiary/aromatic N) is 1. The fourth-order valence-electron chi connectivity index (χ4n) is 3.98. The summed E-state index contributed by atoms with van der Waals surface area (Å²) in [5.41, 5.74) is 7.21. The predicted octanol–water partition coefficient (Wildman–Crippen LogP) is 4.72. The van der Waals surface area contributed by atoms with Gasteiger partial charge in [-0.15, -0.1) is 0 Å². The maximum atomic E-state index is 9.08. The van der Waals surface area contributed by atoms with E-state index in [9.17, 15) is 0 Å². The van der Waals surface area contributed by atoms with E-state index in [2.05, 4.69) is 32.9 Å². The summed E-state index contributed by atoms with van der Waals surface area (Å²) in [4.78, 5) is 0. The van der Waals surface area contributed by atoms with Gasteiger partial charge in [0.25, 0.3) is 0 Å². The third-order valence-electron chi connectivity index (χ3n) is 5.76. The average Bonchev–Trinajstić information content (AvgIpc) is 2.55. The minimum Gasteiger partial charge on any atom is -0.372 e. The fraction of sp³-hybridized carbons (Fsp3) is 0.833. The van der Waals surface area contributed by atoms with E-state index in [0.717, 1.165) is 19.4 Å². The number of nitriles is 1. The number of hydrogen-bond acceptors (Lipinski definition) is 2. The molecule has 0 bridgehead atoms. The lowest BCUT2D eigenvalue weighted by Gasteiger charge is -2.36. The minimum absolute atomic E-state index is 0.339. The Kier molecular flexibility index (Phi) is 7.01. The molecule has 2 N–H and O–H groups in total. The summed E-state index contributed by atoms with van der Waals surface area (Å²) in [6, 6.07) is 2.29. The molecule has 1 fully saturated rings. The van der Waals surface area contributed by atoms with Crippen LogP contribution in [0.2, 0.25) is 5.31 Å². The summed E-state index contributed by atoms with van der Waals surface area (Å²) in [6.07, 6.45) is 12.3. The molecule has 1 aliphatic carbocycles. The zero-order chi connectivity index (χ0) is 15.9. The highest BCUT2D eigenvalue weighted by molar-refractivity contribution is 6.35. The van der Waals surface area contributed by atoms with E-state index in [4.69, 9.17) is 10.9 Å². The highest BCUT2D eigenvalue weighted by Gasteiger charge is 2.34. The van der Waals surface area contributed by atoms with E-state index >= 15 is 0 Å². The molecule has 1 saturated carbocycles. The van der Waals surface area contributed by atoms with E-state index in [1.165, 1.54) is 44.9 Å². The largest absolute Gasteiger partial charge is 0.372 e. The second-order valence-corrected chi connectivity index (χ2v) is 7.71. The maximum absolute atomic E-state index is 9.08. The molecule has 0 saturated heterocycles. The van der Waals surface area contributed by atoms with E-state index in [0.29, 0.717) is 16.6 Å². The first-order valence-corrected chi connectivity index (χ1v) is 8.68. The standard InChI is InChI=1S/C18H33BN2/c1-5-16(13-15(2)14-20)17(3)9-6-7-11-18(4,19-21)12-8-10-17/h13,16,19H,5-12,21H2,1-4H3/b15-13+. The van der Waals surface area contributed by atoms with Gasteiger partial charge in [0.15, 0.2) is 0 Å². The summed E-state index contributed by atoms with van der Waals surface area (Å²) in [5.74, 6) is 0.527. The van der Waals surface area contributed by atoms with Crippen molar-refractivity contribution in [2.45, 2.75) is 84.4 Å². The SMILES string of the molecule is CCC(/C=C(\C)C#N)C1(C)CCCCC(C)(BN)CCC1. The molecular formula is C18H33BN2. The van der Waals surface area contributed by atoms with Crippen LogP contribution in [0.15, 0.2) is 11.6 Å². The van der Waals surface area contributed by atoms with Crippen LogP contribution in [0.25, 0.3) is 0 Å². The molecule has 0 aromatic heterocycles. The van der Waals surface area contributed by atoms with Gasteiger partial charge in [-0.3, -0.25) is 0 Å². The van der Waals surface area contributed by atoms with Crippen LogP contribution in [0, 0.1) is 22.7 Å². The van der Waals surface area contributed by atoms with Gasteiger partial charge in [0.05, 0.1) is 6.07 Å². The molecule has 2 nitrogen and oxygen atoms in total. The summed E-state index contributed by atoms with van der Waals surface area (Å²) < 4.78 is 0. The Morgan fingerprint density at radius 3 is 2.38 bits per heavy atom.